The lowest BCUT2D eigenvalue weighted by molar-refractivity contribution is -0.133. The van der Waals surface area contributed by atoms with Gasteiger partial charge in [-0.1, -0.05) is 11.8 Å². The number of carboxylic acid groups (broad SMARTS) is 1. The minimum atomic E-state index is -0.825. The molecule has 0 amide bonds. The molecule has 0 unspecified atom stereocenters. The number of aliphatic carboxylic acids is 1. The normalized spacial score (nSPS) is 16.1. The van der Waals surface area contributed by atoms with Crippen molar-refractivity contribution in [3.63, 3.8) is 0 Å². The SMILES string of the molecule is Cc1nnc(SCC(=O)O)n1CCCN1CCCC1. The average Bonchev–Trinajstić information content (AvgIpc) is 2.99. The van der Waals surface area contributed by atoms with Gasteiger partial charge in [-0.3, -0.25) is 4.79 Å². The lowest BCUT2D eigenvalue weighted by Gasteiger charge is -2.15. The van der Waals surface area contributed by atoms with E-state index in [-0.39, 0.29) is 5.75 Å². The fraction of sp³-hybridized carbons (Fsp3) is 0.750. The number of likely N-dealkylation sites (tertiary alicyclic amines) is 1. The molecule has 2 heterocycles. The van der Waals surface area contributed by atoms with Gasteiger partial charge in [-0.2, -0.15) is 0 Å². The van der Waals surface area contributed by atoms with Gasteiger partial charge in [0.2, 0.25) is 0 Å². The smallest absolute Gasteiger partial charge is 0.313 e. The van der Waals surface area contributed by atoms with Crippen molar-refractivity contribution in [2.75, 3.05) is 25.4 Å². The molecule has 7 heteroatoms. The number of carbonyl (C=O) groups is 1. The number of carboxylic acids is 1. The summed E-state index contributed by atoms with van der Waals surface area (Å²) in [5.74, 6) is 0.0631. The van der Waals surface area contributed by atoms with Crippen LogP contribution >= 0.6 is 11.8 Å². The molecule has 0 aromatic carbocycles. The van der Waals surface area contributed by atoms with Gasteiger partial charge in [0.25, 0.3) is 0 Å². The molecule has 1 N–H and O–H groups in total. The van der Waals surface area contributed by atoms with Crippen LogP contribution in [0.4, 0.5) is 0 Å². The summed E-state index contributed by atoms with van der Waals surface area (Å²) in [6.07, 6.45) is 3.68. The van der Waals surface area contributed by atoms with E-state index in [4.69, 9.17) is 5.11 Å². The summed E-state index contributed by atoms with van der Waals surface area (Å²) >= 11 is 1.23. The molecule has 0 aliphatic carbocycles. The van der Waals surface area contributed by atoms with Gasteiger partial charge < -0.3 is 14.6 Å². The van der Waals surface area contributed by atoms with E-state index in [2.05, 4.69) is 15.1 Å². The maximum absolute atomic E-state index is 10.6. The highest BCUT2D eigenvalue weighted by molar-refractivity contribution is 7.99. The Kier molecular flexibility index (Phi) is 5.21. The van der Waals surface area contributed by atoms with Crippen LogP contribution in [0.2, 0.25) is 0 Å². The molecule has 2 rings (SSSR count). The van der Waals surface area contributed by atoms with Gasteiger partial charge in [0.15, 0.2) is 5.16 Å². The van der Waals surface area contributed by atoms with E-state index in [0.29, 0.717) is 5.16 Å². The van der Waals surface area contributed by atoms with Gasteiger partial charge in [0.1, 0.15) is 5.82 Å². The first-order chi connectivity index (χ1) is 9.16. The Hall–Kier alpha value is -1.08. The van der Waals surface area contributed by atoms with Gasteiger partial charge in [-0.15, -0.1) is 10.2 Å². The fourth-order valence-corrected chi connectivity index (χ4v) is 3.04. The van der Waals surface area contributed by atoms with Gasteiger partial charge in [-0.05, 0) is 45.8 Å². The van der Waals surface area contributed by atoms with Crippen LogP contribution in [0, 0.1) is 6.92 Å². The molecule has 0 bridgehead atoms. The molecule has 1 aliphatic rings. The monoisotopic (exact) mass is 284 g/mol. The molecule has 1 fully saturated rings. The highest BCUT2D eigenvalue weighted by Gasteiger charge is 2.13. The number of aromatic nitrogens is 3. The molecule has 1 aromatic rings. The zero-order valence-electron chi connectivity index (χ0n) is 11.2. The Morgan fingerprint density at radius 1 is 1.32 bits per heavy atom. The molecule has 19 heavy (non-hydrogen) atoms. The van der Waals surface area contributed by atoms with Gasteiger partial charge in [0.05, 0.1) is 5.75 Å². The van der Waals surface area contributed by atoms with Gasteiger partial charge in [-0.25, -0.2) is 0 Å². The van der Waals surface area contributed by atoms with E-state index in [1.54, 1.807) is 0 Å². The highest BCUT2D eigenvalue weighted by atomic mass is 32.2. The third kappa shape index (κ3) is 4.21. The van der Waals surface area contributed by atoms with Crippen molar-refractivity contribution < 1.29 is 9.90 Å². The van der Waals surface area contributed by atoms with Gasteiger partial charge in [0, 0.05) is 6.54 Å². The molecule has 1 saturated heterocycles. The molecule has 0 saturated carbocycles. The second-order valence-corrected chi connectivity index (χ2v) is 5.71. The molecular weight excluding hydrogens is 264 g/mol. The van der Waals surface area contributed by atoms with Crippen LogP contribution in [0.1, 0.15) is 25.1 Å². The Balaban J connectivity index is 1.83. The number of thioether (sulfide) groups is 1. The second-order valence-electron chi connectivity index (χ2n) is 4.77. The molecule has 0 atom stereocenters. The van der Waals surface area contributed by atoms with Crippen LogP contribution in [0.3, 0.4) is 0 Å². The summed E-state index contributed by atoms with van der Waals surface area (Å²) in [6, 6.07) is 0. The molecule has 0 spiro atoms. The molecule has 1 aromatic heterocycles. The Bertz CT molecular complexity index is 429. The van der Waals surface area contributed by atoms with Crippen LogP contribution < -0.4 is 0 Å². The van der Waals surface area contributed by atoms with Crippen molar-refractivity contribution in [1.29, 1.82) is 0 Å². The largest absolute Gasteiger partial charge is 0.481 e. The third-order valence-electron chi connectivity index (χ3n) is 3.28. The Morgan fingerprint density at radius 2 is 2.05 bits per heavy atom. The zero-order chi connectivity index (χ0) is 13.7. The first-order valence-electron chi connectivity index (χ1n) is 6.63. The first-order valence-corrected chi connectivity index (χ1v) is 7.62. The maximum atomic E-state index is 10.6. The molecule has 6 nitrogen and oxygen atoms in total. The van der Waals surface area contributed by atoms with E-state index in [9.17, 15) is 4.79 Å². The van der Waals surface area contributed by atoms with Crippen LogP contribution in [-0.4, -0.2) is 56.1 Å². The molecule has 1 aliphatic heterocycles. The molecule has 0 radical (unpaired) electrons. The number of rotatable bonds is 7. The van der Waals surface area contributed by atoms with Crippen LogP contribution in [0.15, 0.2) is 5.16 Å². The molecule has 106 valence electrons. The van der Waals surface area contributed by atoms with Crippen molar-refractivity contribution in [2.45, 2.75) is 37.9 Å². The zero-order valence-corrected chi connectivity index (χ0v) is 12.0. The number of hydrogen-bond donors (Lipinski definition) is 1. The maximum Gasteiger partial charge on any atom is 0.313 e. The third-order valence-corrected chi connectivity index (χ3v) is 4.23. The number of aryl methyl sites for hydroxylation is 1. The number of hydrogen-bond acceptors (Lipinski definition) is 5. The lowest BCUT2D eigenvalue weighted by atomic mass is 10.4. The minimum Gasteiger partial charge on any atom is -0.481 e. The van der Waals surface area contributed by atoms with Crippen molar-refractivity contribution in [3.05, 3.63) is 5.82 Å². The van der Waals surface area contributed by atoms with Crippen LogP contribution in [0.5, 0.6) is 0 Å². The summed E-state index contributed by atoms with van der Waals surface area (Å²) < 4.78 is 2.02. The first kappa shape index (κ1) is 14.3. The van der Waals surface area contributed by atoms with E-state index in [0.717, 1.165) is 25.3 Å². The summed E-state index contributed by atoms with van der Waals surface area (Å²) in [5.41, 5.74) is 0. The van der Waals surface area contributed by atoms with Crippen molar-refractivity contribution in [3.8, 4) is 0 Å². The fourth-order valence-electron chi connectivity index (χ4n) is 2.31. The van der Waals surface area contributed by atoms with E-state index in [1.165, 1.54) is 37.7 Å². The minimum absolute atomic E-state index is 0.0320. The van der Waals surface area contributed by atoms with Crippen molar-refractivity contribution >= 4 is 17.7 Å². The Labute approximate surface area is 117 Å². The highest BCUT2D eigenvalue weighted by Crippen LogP contribution is 2.17. The predicted octanol–water partition coefficient (Wildman–Crippen LogP) is 1.25. The van der Waals surface area contributed by atoms with E-state index >= 15 is 0 Å². The lowest BCUT2D eigenvalue weighted by Crippen LogP contribution is -2.21. The second kappa shape index (κ2) is 6.91. The average molecular weight is 284 g/mol. The van der Waals surface area contributed by atoms with Crippen LogP contribution in [0.25, 0.3) is 0 Å². The summed E-state index contributed by atoms with van der Waals surface area (Å²) in [6.45, 7) is 6.29. The standard InChI is InChI=1S/C12H20N4O2S/c1-10-13-14-12(19-9-11(17)18)16(10)8-4-7-15-5-2-3-6-15/h2-9H2,1H3,(H,17,18). The van der Waals surface area contributed by atoms with Crippen molar-refractivity contribution in [1.82, 2.24) is 19.7 Å². The van der Waals surface area contributed by atoms with Crippen molar-refractivity contribution in [2.24, 2.45) is 0 Å². The summed E-state index contributed by atoms with van der Waals surface area (Å²) in [7, 11) is 0. The number of nitrogens with zero attached hydrogens (tertiary/aromatic N) is 4. The quantitative estimate of drug-likeness (QED) is 0.760. The van der Waals surface area contributed by atoms with E-state index in [1.807, 2.05) is 11.5 Å². The van der Waals surface area contributed by atoms with E-state index < -0.39 is 5.97 Å². The predicted molar refractivity (Wildman–Crippen MR) is 73.4 cm³/mol. The summed E-state index contributed by atoms with van der Waals surface area (Å²) in [4.78, 5) is 13.1. The van der Waals surface area contributed by atoms with Gasteiger partial charge >= 0.3 is 5.97 Å². The summed E-state index contributed by atoms with van der Waals surface area (Å²) in [5, 5.41) is 17.5. The topological polar surface area (TPSA) is 71.2 Å². The molecular formula is C12H20N4O2S. The Morgan fingerprint density at radius 3 is 2.74 bits per heavy atom. The van der Waals surface area contributed by atoms with Crippen LogP contribution in [-0.2, 0) is 11.3 Å².